The lowest BCUT2D eigenvalue weighted by atomic mass is 9.81. The lowest BCUT2D eigenvalue weighted by Gasteiger charge is -2.43. The first kappa shape index (κ1) is 18.2. The van der Waals surface area contributed by atoms with Gasteiger partial charge in [0.1, 0.15) is 0 Å². The molecule has 3 heterocycles. The Bertz CT molecular complexity index is 805. The highest BCUT2D eigenvalue weighted by atomic mass is 16.2. The minimum atomic E-state index is 0.141. The summed E-state index contributed by atoms with van der Waals surface area (Å²) >= 11 is 0. The Morgan fingerprint density at radius 1 is 1.22 bits per heavy atom. The summed E-state index contributed by atoms with van der Waals surface area (Å²) in [6.07, 6.45) is 5.04. The molecule has 2 aliphatic rings. The van der Waals surface area contributed by atoms with E-state index < -0.39 is 0 Å². The maximum Gasteiger partial charge on any atom is 0.257 e. The van der Waals surface area contributed by atoms with Crippen LogP contribution in [0.25, 0.3) is 0 Å². The van der Waals surface area contributed by atoms with Crippen molar-refractivity contribution in [3.05, 3.63) is 53.3 Å². The number of nitrogens with zero attached hydrogens (tertiary/aromatic N) is 4. The van der Waals surface area contributed by atoms with Gasteiger partial charge in [0.25, 0.3) is 5.91 Å². The lowest BCUT2D eigenvalue weighted by Crippen LogP contribution is -2.52. The number of rotatable bonds is 3. The Labute approximate surface area is 162 Å². The molecule has 1 spiro atoms. The first-order chi connectivity index (χ1) is 13.0. The first-order valence-electron chi connectivity index (χ1n) is 10.1. The van der Waals surface area contributed by atoms with Gasteiger partial charge in [-0.3, -0.25) is 14.4 Å². The first-order valence-corrected chi connectivity index (χ1v) is 10.1. The molecule has 4 rings (SSSR count). The van der Waals surface area contributed by atoms with E-state index in [0.717, 1.165) is 50.3 Å². The van der Waals surface area contributed by atoms with E-state index in [1.165, 1.54) is 12.0 Å². The molecule has 1 aromatic carbocycles. The Balaban J connectivity index is 1.44. The van der Waals surface area contributed by atoms with Gasteiger partial charge in [0.05, 0.1) is 11.8 Å². The standard InChI is InChI=1S/C22H30N4O/c1-4-26-17(2)20(15-23-26)21(27)25-12-10-22(11-13-25)14-19(16-24(22)3)18-8-6-5-7-9-18/h5-9,15,19H,4,10-14,16H2,1-3H3/t19-/m1/s1. The van der Waals surface area contributed by atoms with Crippen LogP contribution in [0.4, 0.5) is 0 Å². The highest BCUT2D eigenvalue weighted by Gasteiger charge is 2.46. The molecular formula is C22H30N4O. The maximum atomic E-state index is 13.0. The molecule has 2 aliphatic heterocycles. The largest absolute Gasteiger partial charge is 0.338 e. The number of hydrogen-bond donors (Lipinski definition) is 0. The SMILES string of the molecule is CCn1ncc(C(=O)N2CCC3(CC2)C[C@@H](c2ccccc2)CN3C)c1C. The smallest absolute Gasteiger partial charge is 0.257 e. The summed E-state index contributed by atoms with van der Waals surface area (Å²) in [5, 5.41) is 4.34. The molecule has 5 heteroatoms. The fraction of sp³-hybridized carbons (Fsp3) is 0.545. The number of carbonyl (C=O) groups is 1. The van der Waals surface area contributed by atoms with Crippen LogP contribution >= 0.6 is 0 Å². The van der Waals surface area contributed by atoms with Crippen molar-refractivity contribution in [1.29, 1.82) is 0 Å². The van der Waals surface area contributed by atoms with Gasteiger partial charge in [-0.2, -0.15) is 5.10 Å². The summed E-state index contributed by atoms with van der Waals surface area (Å²) in [5.41, 5.74) is 3.42. The molecule has 0 aliphatic carbocycles. The number of likely N-dealkylation sites (tertiary alicyclic amines) is 2. The number of aryl methyl sites for hydroxylation is 1. The molecule has 0 saturated carbocycles. The third kappa shape index (κ3) is 3.18. The van der Waals surface area contributed by atoms with Crippen molar-refractivity contribution in [3.63, 3.8) is 0 Å². The zero-order valence-corrected chi connectivity index (χ0v) is 16.7. The summed E-state index contributed by atoms with van der Waals surface area (Å²) in [6.45, 7) is 7.62. The quantitative estimate of drug-likeness (QED) is 0.837. The number of piperidine rings is 1. The minimum absolute atomic E-state index is 0.141. The molecule has 2 fully saturated rings. The topological polar surface area (TPSA) is 41.4 Å². The van der Waals surface area contributed by atoms with Gasteiger partial charge in [-0.15, -0.1) is 0 Å². The van der Waals surface area contributed by atoms with Crippen LogP contribution in [-0.2, 0) is 6.54 Å². The van der Waals surface area contributed by atoms with Crippen molar-refractivity contribution in [2.24, 2.45) is 0 Å². The molecule has 5 nitrogen and oxygen atoms in total. The normalized spacial score (nSPS) is 22.5. The van der Waals surface area contributed by atoms with Gasteiger partial charge in [0, 0.05) is 37.4 Å². The number of benzene rings is 1. The van der Waals surface area contributed by atoms with Crippen molar-refractivity contribution in [1.82, 2.24) is 19.6 Å². The predicted octanol–water partition coefficient (Wildman–Crippen LogP) is 3.31. The van der Waals surface area contributed by atoms with Crippen molar-refractivity contribution < 1.29 is 4.79 Å². The van der Waals surface area contributed by atoms with E-state index in [9.17, 15) is 4.79 Å². The zero-order valence-electron chi connectivity index (χ0n) is 16.7. The van der Waals surface area contributed by atoms with Crippen molar-refractivity contribution in [3.8, 4) is 0 Å². The number of carbonyl (C=O) groups excluding carboxylic acids is 1. The summed E-state index contributed by atoms with van der Waals surface area (Å²) in [4.78, 5) is 17.6. The zero-order chi connectivity index (χ0) is 19.0. The van der Waals surface area contributed by atoms with Crippen LogP contribution in [0, 0.1) is 6.92 Å². The Morgan fingerprint density at radius 2 is 1.93 bits per heavy atom. The maximum absolute atomic E-state index is 13.0. The fourth-order valence-corrected chi connectivity index (χ4v) is 5.01. The van der Waals surface area contributed by atoms with Crippen LogP contribution in [0.2, 0.25) is 0 Å². The van der Waals surface area contributed by atoms with E-state index in [-0.39, 0.29) is 11.4 Å². The Morgan fingerprint density at radius 3 is 2.56 bits per heavy atom. The predicted molar refractivity (Wildman–Crippen MR) is 107 cm³/mol. The monoisotopic (exact) mass is 366 g/mol. The van der Waals surface area contributed by atoms with Crippen molar-refractivity contribution in [2.45, 2.75) is 51.1 Å². The van der Waals surface area contributed by atoms with Crippen LogP contribution in [-0.4, -0.2) is 57.7 Å². The highest BCUT2D eigenvalue weighted by molar-refractivity contribution is 5.95. The third-order valence-electron chi connectivity index (χ3n) is 6.82. The molecular weight excluding hydrogens is 336 g/mol. The number of amides is 1. The van der Waals surface area contributed by atoms with Gasteiger partial charge in [0.15, 0.2) is 0 Å². The van der Waals surface area contributed by atoms with Gasteiger partial charge in [-0.1, -0.05) is 30.3 Å². The van der Waals surface area contributed by atoms with Crippen molar-refractivity contribution >= 4 is 5.91 Å². The van der Waals surface area contributed by atoms with Crippen LogP contribution in [0.1, 0.15) is 53.7 Å². The fourth-order valence-electron chi connectivity index (χ4n) is 5.01. The van der Waals surface area contributed by atoms with Crippen LogP contribution < -0.4 is 0 Å². The van der Waals surface area contributed by atoms with Crippen molar-refractivity contribution in [2.75, 3.05) is 26.7 Å². The third-order valence-corrected chi connectivity index (χ3v) is 6.82. The average Bonchev–Trinajstić information content (AvgIpc) is 3.23. The van der Waals surface area contributed by atoms with Crippen LogP contribution in [0.5, 0.6) is 0 Å². The molecule has 0 bridgehead atoms. The highest BCUT2D eigenvalue weighted by Crippen LogP contribution is 2.44. The number of likely N-dealkylation sites (N-methyl/N-ethyl adjacent to an activating group) is 1. The van der Waals surface area contributed by atoms with E-state index >= 15 is 0 Å². The molecule has 1 amide bonds. The molecule has 27 heavy (non-hydrogen) atoms. The Kier molecular flexibility index (Phi) is 4.81. The van der Waals surface area contributed by atoms with E-state index in [2.05, 4.69) is 54.3 Å². The van der Waals surface area contributed by atoms with Gasteiger partial charge < -0.3 is 4.90 Å². The van der Waals surface area contributed by atoms with Gasteiger partial charge in [0.2, 0.25) is 0 Å². The summed E-state index contributed by atoms with van der Waals surface area (Å²) < 4.78 is 1.90. The molecule has 0 unspecified atom stereocenters. The summed E-state index contributed by atoms with van der Waals surface area (Å²) in [5.74, 6) is 0.741. The Hall–Kier alpha value is -2.14. The van der Waals surface area contributed by atoms with Gasteiger partial charge in [-0.25, -0.2) is 0 Å². The minimum Gasteiger partial charge on any atom is -0.338 e. The average molecular weight is 367 g/mol. The van der Waals surface area contributed by atoms with E-state index in [0.29, 0.717) is 5.92 Å². The number of hydrogen-bond acceptors (Lipinski definition) is 3. The second-order valence-electron chi connectivity index (χ2n) is 8.17. The molecule has 2 saturated heterocycles. The second kappa shape index (κ2) is 7.12. The van der Waals surface area contributed by atoms with Gasteiger partial charge in [-0.05, 0) is 51.6 Å². The summed E-state index contributed by atoms with van der Waals surface area (Å²) in [7, 11) is 2.26. The molecule has 1 atom stereocenters. The van der Waals surface area contributed by atoms with Crippen LogP contribution in [0.3, 0.4) is 0 Å². The molecule has 2 aromatic rings. The van der Waals surface area contributed by atoms with E-state index in [1.807, 2.05) is 16.5 Å². The van der Waals surface area contributed by atoms with Crippen LogP contribution in [0.15, 0.2) is 36.5 Å². The molecule has 0 N–H and O–H groups in total. The van der Waals surface area contributed by atoms with E-state index in [1.54, 1.807) is 6.20 Å². The summed E-state index contributed by atoms with van der Waals surface area (Å²) in [6, 6.07) is 10.9. The number of aromatic nitrogens is 2. The van der Waals surface area contributed by atoms with Gasteiger partial charge >= 0.3 is 0 Å². The molecule has 144 valence electrons. The molecule has 0 radical (unpaired) electrons. The van der Waals surface area contributed by atoms with E-state index in [4.69, 9.17) is 0 Å². The lowest BCUT2D eigenvalue weighted by molar-refractivity contribution is 0.0491. The molecule has 1 aromatic heterocycles. The second-order valence-corrected chi connectivity index (χ2v) is 8.17.